The van der Waals surface area contributed by atoms with Gasteiger partial charge in [-0.3, -0.25) is 4.79 Å². The lowest BCUT2D eigenvalue weighted by Crippen LogP contribution is -2.43. The number of oxime groups is 1. The third kappa shape index (κ3) is 2.61. The van der Waals surface area contributed by atoms with E-state index in [-0.39, 0.29) is 11.7 Å². The van der Waals surface area contributed by atoms with E-state index in [1.165, 1.54) is 0 Å². The zero-order valence-corrected chi connectivity index (χ0v) is 10.3. The summed E-state index contributed by atoms with van der Waals surface area (Å²) in [6.45, 7) is 2.18. The molecule has 1 aromatic carbocycles. The van der Waals surface area contributed by atoms with Gasteiger partial charge in [0.1, 0.15) is 0 Å². The van der Waals surface area contributed by atoms with Crippen molar-refractivity contribution in [1.82, 2.24) is 5.32 Å². The van der Waals surface area contributed by atoms with Gasteiger partial charge in [0.25, 0.3) is 5.91 Å². The van der Waals surface area contributed by atoms with Gasteiger partial charge in [-0.1, -0.05) is 24.2 Å². The fourth-order valence-corrected chi connectivity index (χ4v) is 2.14. The van der Waals surface area contributed by atoms with Crippen molar-refractivity contribution in [3.8, 4) is 0 Å². The summed E-state index contributed by atoms with van der Waals surface area (Å²) in [5, 5.41) is 14.4. The topological polar surface area (TPSA) is 87.7 Å². The van der Waals surface area contributed by atoms with E-state index < -0.39 is 0 Å². The Morgan fingerprint density at radius 2 is 1.89 bits per heavy atom. The van der Waals surface area contributed by atoms with Crippen LogP contribution in [0.3, 0.4) is 0 Å². The first kappa shape index (κ1) is 12.4. The maximum absolute atomic E-state index is 11.9. The molecule has 5 heteroatoms. The molecule has 1 aromatic rings. The minimum atomic E-state index is -0.0713. The zero-order valence-electron chi connectivity index (χ0n) is 10.3. The summed E-state index contributed by atoms with van der Waals surface area (Å²) in [6.07, 6.45) is 2.10. The predicted octanol–water partition coefficient (Wildman–Crippen LogP) is 1.31. The van der Waals surface area contributed by atoms with Crippen LogP contribution in [-0.2, 0) is 0 Å². The predicted molar refractivity (Wildman–Crippen MR) is 68.6 cm³/mol. The number of carbonyl (C=O) groups excluding carboxylic acids is 1. The van der Waals surface area contributed by atoms with Crippen molar-refractivity contribution in [2.75, 3.05) is 0 Å². The third-order valence-corrected chi connectivity index (χ3v) is 3.26. The lowest BCUT2D eigenvalue weighted by Gasteiger charge is -2.33. The standard InChI is InChI=1S/C13H17N3O2/c1-8-6-11(7-8)15-13(17)10-4-2-9(3-5-10)12(14)16-18/h2-5,8,11,18H,6-7H2,1H3,(H2,14,16)(H,15,17). The Bertz CT molecular complexity index is 462. The molecular weight excluding hydrogens is 230 g/mol. The van der Waals surface area contributed by atoms with Crippen molar-refractivity contribution in [3.05, 3.63) is 35.4 Å². The Morgan fingerprint density at radius 3 is 2.39 bits per heavy atom. The number of nitrogens with zero attached hydrogens (tertiary/aromatic N) is 1. The lowest BCUT2D eigenvalue weighted by atomic mass is 9.82. The molecule has 1 aliphatic carbocycles. The van der Waals surface area contributed by atoms with Crippen molar-refractivity contribution >= 4 is 11.7 Å². The third-order valence-electron chi connectivity index (χ3n) is 3.26. The van der Waals surface area contributed by atoms with Gasteiger partial charge in [0.05, 0.1) is 0 Å². The van der Waals surface area contributed by atoms with E-state index in [4.69, 9.17) is 10.9 Å². The molecule has 0 aliphatic heterocycles. The second-order valence-corrected chi connectivity index (χ2v) is 4.81. The maximum Gasteiger partial charge on any atom is 0.251 e. The van der Waals surface area contributed by atoms with Gasteiger partial charge in [-0.15, -0.1) is 0 Å². The summed E-state index contributed by atoms with van der Waals surface area (Å²) < 4.78 is 0. The summed E-state index contributed by atoms with van der Waals surface area (Å²) in [5.41, 5.74) is 6.62. The molecule has 18 heavy (non-hydrogen) atoms. The van der Waals surface area contributed by atoms with Crippen molar-refractivity contribution < 1.29 is 10.0 Å². The molecule has 0 bridgehead atoms. The highest BCUT2D eigenvalue weighted by molar-refractivity contribution is 5.99. The number of hydrogen-bond donors (Lipinski definition) is 3. The van der Waals surface area contributed by atoms with E-state index in [1.807, 2.05) is 0 Å². The average molecular weight is 247 g/mol. The SMILES string of the molecule is CC1CC(NC(=O)c2ccc(/C(N)=N/O)cc2)C1. The van der Waals surface area contributed by atoms with Gasteiger partial charge in [-0.05, 0) is 30.9 Å². The molecule has 5 nitrogen and oxygen atoms in total. The fourth-order valence-electron chi connectivity index (χ4n) is 2.14. The molecule has 1 saturated carbocycles. The number of nitrogens with two attached hydrogens (primary N) is 1. The van der Waals surface area contributed by atoms with Gasteiger partial charge in [0.2, 0.25) is 0 Å². The van der Waals surface area contributed by atoms with Gasteiger partial charge in [-0.2, -0.15) is 0 Å². The first-order valence-electron chi connectivity index (χ1n) is 5.99. The first-order valence-corrected chi connectivity index (χ1v) is 5.99. The van der Waals surface area contributed by atoms with Gasteiger partial charge in [-0.25, -0.2) is 0 Å². The number of benzene rings is 1. The minimum absolute atomic E-state index is 0.0368. The highest BCUT2D eigenvalue weighted by atomic mass is 16.4. The summed E-state index contributed by atoms with van der Waals surface area (Å²) in [6, 6.07) is 6.97. The second-order valence-electron chi connectivity index (χ2n) is 4.81. The zero-order chi connectivity index (χ0) is 13.1. The molecule has 1 amide bonds. The Hall–Kier alpha value is -2.04. The van der Waals surface area contributed by atoms with E-state index in [0.29, 0.717) is 23.1 Å². The van der Waals surface area contributed by atoms with Gasteiger partial charge < -0.3 is 16.3 Å². The molecule has 0 heterocycles. The van der Waals surface area contributed by atoms with Crippen LogP contribution in [0.2, 0.25) is 0 Å². The summed E-state index contributed by atoms with van der Waals surface area (Å²) >= 11 is 0. The molecule has 0 atom stereocenters. The van der Waals surface area contributed by atoms with Crippen LogP contribution < -0.4 is 11.1 Å². The van der Waals surface area contributed by atoms with Crippen molar-refractivity contribution in [2.24, 2.45) is 16.8 Å². The molecule has 0 unspecified atom stereocenters. The highest BCUT2D eigenvalue weighted by Gasteiger charge is 2.26. The van der Waals surface area contributed by atoms with E-state index in [1.54, 1.807) is 24.3 Å². The first-order chi connectivity index (χ1) is 8.60. The molecular formula is C13H17N3O2. The Morgan fingerprint density at radius 1 is 1.33 bits per heavy atom. The average Bonchev–Trinajstić information content (AvgIpc) is 2.36. The Balaban J connectivity index is 1.98. The molecule has 0 radical (unpaired) electrons. The quantitative estimate of drug-likeness (QED) is 0.326. The van der Waals surface area contributed by atoms with Crippen LogP contribution in [0, 0.1) is 5.92 Å². The maximum atomic E-state index is 11.9. The van der Waals surface area contributed by atoms with Gasteiger partial charge in [0.15, 0.2) is 5.84 Å². The number of amidine groups is 1. The minimum Gasteiger partial charge on any atom is -0.409 e. The van der Waals surface area contributed by atoms with Crippen LogP contribution in [0.1, 0.15) is 35.7 Å². The number of amides is 1. The molecule has 2 rings (SSSR count). The fraction of sp³-hybridized carbons (Fsp3) is 0.385. The van der Waals surface area contributed by atoms with E-state index >= 15 is 0 Å². The smallest absolute Gasteiger partial charge is 0.251 e. The molecule has 0 spiro atoms. The van der Waals surface area contributed by atoms with Crippen molar-refractivity contribution in [3.63, 3.8) is 0 Å². The molecule has 4 N–H and O–H groups in total. The van der Waals surface area contributed by atoms with Gasteiger partial charge >= 0.3 is 0 Å². The van der Waals surface area contributed by atoms with Gasteiger partial charge in [0, 0.05) is 17.2 Å². The van der Waals surface area contributed by atoms with E-state index in [9.17, 15) is 4.79 Å². The molecule has 0 aromatic heterocycles. The largest absolute Gasteiger partial charge is 0.409 e. The number of rotatable bonds is 3. The van der Waals surface area contributed by atoms with Crippen molar-refractivity contribution in [1.29, 1.82) is 0 Å². The summed E-state index contributed by atoms with van der Waals surface area (Å²) in [7, 11) is 0. The lowest BCUT2D eigenvalue weighted by molar-refractivity contribution is 0.0896. The van der Waals surface area contributed by atoms with E-state index in [2.05, 4.69) is 17.4 Å². The molecule has 0 saturated heterocycles. The number of carbonyl (C=O) groups is 1. The summed E-state index contributed by atoms with van der Waals surface area (Å²) in [5.74, 6) is 0.672. The number of nitrogens with one attached hydrogen (secondary N) is 1. The molecule has 1 aliphatic rings. The monoisotopic (exact) mass is 247 g/mol. The highest BCUT2D eigenvalue weighted by Crippen LogP contribution is 2.26. The second kappa shape index (κ2) is 5.08. The normalized spacial score (nSPS) is 23.3. The van der Waals surface area contributed by atoms with Crippen LogP contribution in [-0.4, -0.2) is 23.0 Å². The van der Waals surface area contributed by atoms with Crippen LogP contribution in [0.5, 0.6) is 0 Å². The van der Waals surface area contributed by atoms with Crippen LogP contribution in [0.4, 0.5) is 0 Å². The Labute approximate surface area is 106 Å². The van der Waals surface area contributed by atoms with Crippen LogP contribution >= 0.6 is 0 Å². The van der Waals surface area contributed by atoms with Crippen LogP contribution in [0.25, 0.3) is 0 Å². The van der Waals surface area contributed by atoms with Crippen molar-refractivity contribution in [2.45, 2.75) is 25.8 Å². The molecule has 1 fully saturated rings. The number of hydrogen-bond acceptors (Lipinski definition) is 3. The van der Waals surface area contributed by atoms with Crippen LogP contribution in [0.15, 0.2) is 29.4 Å². The molecule has 96 valence electrons. The Kier molecular flexibility index (Phi) is 3.50. The summed E-state index contributed by atoms with van der Waals surface area (Å²) in [4.78, 5) is 11.9. The van der Waals surface area contributed by atoms with E-state index in [0.717, 1.165) is 12.8 Å².